The van der Waals surface area contributed by atoms with Gasteiger partial charge in [-0.05, 0) is 23.3 Å². The van der Waals surface area contributed by atoms with Crippen LogP contribution in [0.3, 0.4) is 0 Å². The minimum atomic E-state index is 0.908. The van der Waals surface area contributed by atoms with E-state index in [1.165, 1.54) is 16.0 Å². The summed E-state index contributed by atoms with van der Waals surface area (Å²) < 4.78 is 8.58. The van der Waals surface area contributed by atoms with Crippen LogP contribution in [0, 0.1) is 13.0 Å². The lowest BCUT2D eigenvalue weighted by atomic mass is 9.95. The zero-order valence-corrected chi connectivity index (χ0v) is 17.3. The largest absolute Gasteiger partial charge is 0.352 e. The van der Waals surface area contributed by atoms with Crippen molar-refractivity contribution in [2.75, 3.05) is 0 Å². The van der Waals surface area contributed by atoms with Gasteiger partial charge in [0.1, 0.15) is 0 Å². The quantitative estimate of drug-likeness (QED) is 0.221. The van der Waals surface area contributed by atoms with Crippen LogP contribution < -0.4 is 10.4 Å². The summed E-state index contributed by atoms with van der Waals surface area (Å²) in [5.74, 6) is 0. The minimum absolute atomic E-state index is 0.908. The molecular weight excluding hydrogens is 378 g/mol. The number of hydrogen-bond acceptors (Lipinski definition) is 0. The van der Waals surface area contributed by atoms with Crippen molar-refractivity contribution < 1.29 is 8.99 Å². The van der Waals surface area contributed by atoms with E-state index in [0.29, 0.717) is 0 Å². The molecule has 0 spiro atoms. The molecule has 0 fully saturated rings. The summed E-state index contributed by atoms with van der Waals surface area (Å²) in [4.78, 5) is 0. The molecule has 148 valence electrons. The van der Waals surface area contributed by atoms with Crippen LogP contribution in [0.4, 0.5) is 0 Å². The van der Waals surface area contributed by atoms with Crippen LogP contribution in [0.5, 0.6) is 0 Å². The van der Waals surface area contributed by atoms with E-state index in [1.807, 2.05) is 10.6 Å². The van der Waals surface area contributed by atoms with Crippen molar-refractivity contribution in [3.8, 4) is 11.1 Å². The summed E-state index contributed by atoms with van der Waals surface area (Å²) in [7, 11) is 0. The first-order valence-electron chi connectivity index (χ1n) is 10.5. The molecule has 0 aliphatic carbocycles. The number of aryl methyl sites for hydroxylation is 1. The maximum absolute atomic E-state index is 6.63. The number of para-hydroxylation sites is 1. The zero-order chi connectivity index (χ0) is 20.9. The van der Waals surface area contributed by atoms with E-state index >= 15 is 0 Å². The van der Waals surface area contributed by atoms with Crippen molar-refractivity contribution in [3.63, 3.8) is 0 Å². The molecule has 0 saturated heterocycles. The number of hydrogen-bond donors (Lipinski definition) is 0. The van der Waals surface area contributed by atoms with E-state index in [1.54, 1.807) is 0 Å². The molecule has 4 aromatic carbocycles. The predicted molar refractivity (Wildman–Crippen MR) is 128 cm³/mol. The van der Waals surface area contributed by atoms with Gasteiger partial charge >= 0.3 is 5.58 Å². The first kappa shape index (κ1) is 17.8. The van der Waals surface area contributed by atoms with Crippen molar-refractivity contribution in [1.29, 1.82) is 0 Å². The molecule has 2 heterocycles. The second kappa shape index (κ2) is 6.75. The summed E-state index contributed by atoms with van der Waals surface area (Å²) in [6.45, 7) is 6.42. The van der Waals surface area contributed by atoms with Crippen LogP contribution in [-0.2, 0) is 0 Å². The maximum Gasteiger partial charge on any atom is 0.352 e. The third kappa shape index (κ3) is 2.72. The molecule has 0 atom stereocenters. The summed E-state index contributed by atoms with van der Waals surface area (Å²) >= 11 is 0. The van der Waals surface area contributed by atoms with Crippen molar-refractivity contribution in [2.24, 2.45) is 0 Å². The Hall–Kier alpha value is -4.04. The van der Waals surface area contributed by atoms with Gasteiger partial charge < -0.3 is 4.58 Å². The van der Waals surface area contributed by atoms with Gasteiger partial charge in [-0.3, -0.25) is 4.42 Å². The number of benzene rings is 4. The molecule has 1 aromatic heterocycles. The Morgan fingerprint density at radius 1 is 0.806 bits per heavy atom. The van der Waals surface area contributed by atoms with Crippen LogP contribution in [-0.4, -0.2) is 11.3 Å². The monoisotopic (exact) mass is 399 g/mol. The standard InChI is InChI=1S/C29H21NO/c1-19-15-16-25-24-14-8-13-23(20-9-4-3-5-10-20)28(24)31-29(25)27(19)26-17-21-11-6-7-12-22(21)18-30(26)2/h3-18H,2H2,1H3. The number of nitrogens with zero attached hydrogens (tertiary/aromatic N) is 1. The van der Waals surface area contributed by atoms with E-state index in [-0.39, 0.29) is 0 Å². The number of rotatable bonds is 2. The summed E-state index contributed by atoms with van der Waals surface area (Å²) in [6.07, 6.45) is 4.29. The van der Waals surface area contributed by atoms with E-state index in [2.05, 4.69) is 105 Å². The molecule has 1 aliphatic rings. The molecule has 1 aliphatic heterocycles. The van der Waals surface area contributed by atoms with Gasteiger partial charge in [0.25, 0.3) is 5.58 Å². The van der Waals surface area contributed by atoms with Crippen LogP contribution in [0.1, 0.15) is 11.1 Å². The molecule has 0 N–H and O–H groups in total. The molecule has 2 heteroatoms. The lowest BCUT2D eigenvalue weighted by Crippen LogP contribution is -2.33. The molecule has 0 amide bonds. The second-order valence-corrected chi connectivity index (χ2v) is 8.04. The average molecular weight is 399 g/mol. The lowest BCUT2D eigenvalue weighted by molar-refractivity contribution is -0.376. The van der Waals surface area contributed by atoms with Gasteiger partial charge in [0.15, 0.2) is 0 Å². The third-order valence-electron chi connectivity index (χ3n) is 6.11. The maximum atomic E-state index is 6.63. The highest BCUT2D eigenvalue weighted by Gasteiger charge is 2.25. The van der Waals surface area contributed by atoms with Crippen LogP contribution in [0.15, 0.2) is 89.3 Å². The van der Waals surface area contributed by atoms with Gasteiger partial charge in [0.05, 0.1) is 23.2 Å². The second-order valence-electron chi connectivity index (χ2n) is 8.04. The Morgan fingerprint density at radius 2 is 1.58 bits per heavy atom. The summed E-state index contributed by atoms with van der Waals surface area (Å²) in [6, 6.07) is 30.6. The van der Waals surface area contributed by atoms with Gasteiger partial charge in [0, 0.05) is 12.1 Å². The van der Waals surface area contributed by atoms with Gasteiger partial charge in [0.2, 0.25) is 0 Å². The van der Waals surface area contributed by atoms with Crippen molar-refractivity contribution in [1.82, 2.24) is 0 Å². The van der Waals surface area contributed by atoms with E-state index < -0.39 is 0 Å². The average Bonchev–Trinajstić information content (AvgIpc) is 3.18. The van der Waals surface area contributed by atoms with Crippen molar-refractivity contribution in [2.45, 2.75) is 6.92 Å². The van der Waals surface area contributed by atoms with Crippen molar-refractivity contribution in [3.05, 3.63) is 113 Å². The lowest BCUT2D eigenvalue weighted by Gasteiger charge is -2.23. The Labute approximate surface area is 180 Å². The molecule has 0 bridgehead atoms. The highest BCUT2D eigenvalue weighted by atomic mass is 16.3. The smallest absolute Gasteiger partial charge is 0.335 e. The Kier molecular flexibility index (Phi) is 3.87. The fourth-order valence-electron chi connectivity index (χ4n) is 4.57. The molecular formula is C29H21NO. The normalized spacial score (nSPS) is 13.2. The molecule has 5 aromatic rings. The molecule has 6 rings (SSSR count). The fourth-order valence-corrected chi connectivity index (χ4v) is 4.57. The fraction of sp³-hybridized carbons (Fsp3) is 0.0345. The van der Waals surface area contributed by atoms with E-state index in [0.717, 1.165) is 44.7 Å². The van der Waals surface area contributed by atoms with Crippen LogP contribution >= 0.6 is 0 Å². The Morgan fingerprint density at radius 3 is 2.42 bits per heavy atom. The topological polar surface area (TPSA) is 14.3 Å². The number of furan rings is 1. The third-order valence-corrected chi connectivity index (χ3v) is 6.11. The van der Waals surface area contributed by atoms with Gasteiger partial charge in [-0.15, -0.1) is 22.9 Å². The first-order chi connectivity index (χ1) is 15.2. The molecule has 0 unspecified atom stereocenters. The highest BCUT2D eigenvalue weighted by Crippen LogP contribution is 2.40. The minimum Gasteiger partial charge on any atom is -0.335 e. The molecule has 0 saturated carbocycles. The molecule has 0 radical (unpaired) electrons. The summed E-state index contributed by atoms with van der Waals surface area (Å²) in [5, 5.41) is 4.62. The summed E-state index contributed by atoms with van der Waals surface area (Å²) in [5.41, 5.74) is 6.36. The van der Waals surface area contributed by atoms with Crippen LogP contribution in [0.2, 0.25) is 0 Å². The molecule has 31 heavy (non-hydrogen) atoms. The van der Waals surface area contributed by atoms with Crippen molar-refractivity contribution >= 4 is 40.9 Å². The van der Waals surface area contributed by atoms with Crippen LogP contribution in [0.25, 0.3) is 45.3 Å². The SMILES string of the molecule is C=[N+]1C=c2ccccc2=C[C-]1c1c(C)ccc2c3cccc(-c4ccccc4)c3[o+][c-]12. The van der Waals surface area contributed by atoms with E-state index in [4.69, 9.17) is 4.42 Å². The van der Waals surface area contributed by atoms with Gasteiger partial charge in [-0.2, -0.15) is 0 Å². The zero-order valence-electron chi connectivity index (χ0n) is 17.3. The molecule has 2 nitrogen and oxygen atoms in total. The Bertz CT molecular complexity index is 1610. The van der Waals surface area contributed by atoms with Gasteiger partial charge in [-0.25, -0.2) is 0 Å². The predicted octanol–water partition coefficient (Wildman–Crippen LogP) is 5.39. The highest BCUT2D eigenvalue weighted by molar-refractivity contribution is 6.11. The van der Waals surface area contributed by atoms with E-state index in [9.17, 15) is 0 Å². The first-order valence-corrected chi connectivity index (χ1v) is 10.5. The number of fused-ring (bicyclic) bond motifs is 4. The van der Waals surface area contributed by atoms with Gasteiger partial charge in [-0.1, -0.05) is 78.9 Å². The Balaban J connectivity index is 1.65.